The molecule has 0 N–H and O–H groups in total. The third kappa shape index (κ3) is 2.31. The summed E-state index contributed by atoms with van der Waals surface area (Å²) < 4.78 is 66.3. The van der Waals surface area contributed by atoms with Gasteiger partial charge in [-0.2, -0.15) is 0 Å². The zero-order valence-electron chi connectivity index (χ0n) is 10.1. The molecule has 0 aliphatic carbocycles. The lowest BCUT2D eigenvalue weighted by Crippen LogP contribution is -2.14. The highest BCUT2D eigenvalue weighted by molar-refractivity contribution is 6.69. The Balaban J connectivity index is 2.50. The molecule has 1 aromatic carbocycles. The minimum atomic E-state index is -2.13. The van der Waals surface area contributed by atoms with E-state index in [2.05, 4.69) is 0 Å². The molecular weight excluding hydrogens is 262 g/mol. The van der Waals surface area contributed by atoms with E-state index in [9.17, 15) is 22.0 Å². The molecule has 0 fully saturated rings. The smallest absolute Gasteiger partial charge is 0.200 e. The van der Waals surface area contributed by atoms with Gasteiger partial charge in [0.2, 0.25) is 5.82 Å². The van der Waals surface area contributed by atoms with Gasteiger partial charge in [-0.25, -0.2) is 22.0 Å². The Kier molecular flexibility index (Phi) is 3.78. The minimum Gasteiger partial charge on any atom is -0.203 e. The van der Waals surface area contributed by atoms with Crippen molar-refractivity contribution < 1.29 is 22.0 Å². The summed E-state index contributed by atoms with van der Waals surface area (Å²) in [6.07, 6.45) is 3.70. The molecule has 0 saturated heterocycles. The van der Waals surface area contributed by atoms with E-state index in [0.717, 1.165) is 6.32 Å². The fourth-order valence-corrected chi connectivity index (χ4v) is 2.03. The summed E-state index contributed by atoms with van der Waals surface area (Å²) >= 11 is 0. The largest absolute Gasteiger partial charge is 0.203 e. The summed E-state index contributed by atoms with van der Waals surface area (Å²) in [6.45, 7) is 2.05. The molecule has 0 radical (unpaired) electrons. The van der Waals surface area contributed by atoms with Crippen LogP contribution in [0.15, 0.2) is 24.1 Å². The number of hydrogen-bond donors (Lipinski definition) is 0. The van der Waals surface area contributed by atoms with E-state index >= 15 is 0 Å². The van der Waals surface area contributed by atoms with Crippen molar-refractivity contribution in [2.45, 2.75) is 19.2 Å². The van der Waals surface area contributed by atoms with Crippen LogP contribution in [0.1, 0.15) is 18.4 Å². The molecule has 0 amide bonds. The van der Waals surface area contributed by atoms with Crippen LogP contribution in [-0.4, -0.2) is 6.71 Å². The lowest BCUT2D eigenvalue weighted by molar-refractivity contribution is 0.370. The van der Waals surface area contributed by atoms with Gasteiger partial charge in [-0.3, -0.25) is 0 Å². The molecule has 0 nitrogen and oxygen atoms in total. The molecule has 6 heteroatoms. The lowest BCUT2D eigenvalue weighted by Gasteiger charge is -2.17. The summed E-state index contributed by atoms with van der Waals surface area (Å²) in [4.78, 5) is 0. The SMILES string of the molecule is CCB1C=CC(c2c(F)c(F)c(F)c(F)c2F)C=C1. The molecule has 0 saturated carbocycles. The topological polar surface area (TPSA) is 0 Å². The minimum absolute atomic E-state index is 0.123. The van der Waals surface area contributed by atoms with Crippen LogP contribution < -0.4 is 0 Å². The third-order valence-corrected chi connectivity index (χ3v) is 3.18. The molecule has 1 heterocycles. The van der Waals surface area contributed by atoms with Crippen LogP contribution in [-0.2, 0) is 0 Å². The van der Waals surface area contributed by atoms with Gasteiger partial charge >= 0.3 is 0 Å². The van der Waals surface area contributed by atoms with Crippen molar-refractivity contribution in [3.8, 4) is 0 Å². The van der Waals surface area contributed by atoms with Gasteiger partial charge in [0.1, 0.15) is 0 Å². The Morgan fingerprint density at radius 2 is 1.26 bits per heavy atom. The van der Waals surface area contributed by atoms with Gasteiger partial charge in [-0.15, -0.1) is 12.0 Å². The number of rotatable bonds is 2. The van der Waals surface area contributed by atoms with Crippen molar-refractivity contribution in [1.29, 1.82) is 0 Å². The average Bonchev–Trinajstić information content (AvgIpc) is 2.44. The summed E-state index contributed by atoms with van der Waals surface area (Å²) in [7, 11) is 0. The highest BCUT2D eigenvalue weighted by atomic mass is 19.2. The lowest BCUT2D eigenvalue weighted by atomic mass is 9.46. The molecule has 0 aromatic heterocycles. The first-order chi connectivity index (χ1) is 8.97. The fraction of sp³-hybridized carbons (Fsp3) is 0.231. The molecule has 1 aromatic rings. The predicted octanol–water partition coefficient (Wildman–Crippen LogP) is 4.18. The van der Waals surface area contributed by atoms with Crippen LogP contribution in [0.25, 0.3) is 0 Å². The molecular formula is C13H10BF5. The van der Waals surface area contributed by atoms with Gasteiger partial charge < -0.3 is 0 Å². The number of halogens is 5. The van der Waals surface area contributed by atoms with Crippen molar-refractivity contribution in [1.82, 2.24) is 0 Å². The highest BCUT2D eigenvalue weighted by Crippen LogP contribution is 2.32. The highest BCUT2D eigenvalue weighted by Gasteiger charge is 2.29. The monoisotopic (exact) mass is 272 g/mol. The summed E-state index contributed by atoms with van der Waals surface area (Å²) in [5.74, 6) is -7.04. The summed E-state index contributed by atoms with van der Waals surface area (Å²) in [6, 6.07) is 0. The Morgan fingerprint density at radius 1 is 0.842 bits per heavy atom. The molecule has 0 unspecified atom stereocenters. The van der Waals surface area contributed by atoms with Crippen molar-refractivity contribution in [3.63, 3.8) is 0 Å². The Hall–Kier alpha value is -1.59. The summed E-state index contributed by atoms with van der Waals surface area (Å²) in [5.41, 5.74) is -0.807. The average molecular weight is 272 g/mol. The second-order valence-electron chi connectivity index (χ2n) is 4.35. The van der Waals surface area contributed by atoms with Crippen LogP contribution in [0, 0.1) is 29.1 Å². The molecule has 1 aliphatic heterocycles. The van der Waals surface area contributed by atoms with Gasteiger partial charge in [0, 0.05) is 11.5 Å². The number of allylic oxidation sites excluding steroid dienone is 2. The van der Waals surface area contributed by atoms with Gasteiger partial charge in [-0.05, 0) is 0 Å². The number of benzene rings is 1. The second kappa shape index (κ2) is 5.19. The van der Waals surface area contributed by atoms with Gasteiger partial charge in [-0.1, -0.05) is 25.4 Å². The van der Waals surface area contributed by atoms with Gasteiger partial charge in [0.25, 0.3) is 0 Å². The standard InChI is InChI=1S/C13H10BF5/c1-2-14-5-3-7(4-6-14)8-9(15)11(17)13(19)12(18)10(8)16/h3-7H,2H2,1H3. The van der Waals surface area contributed by atoms with Gasteiger partial charge in [0.05, 0.1) is 0 Å². The van der Waals surface area contributed by atoms with Crippen LogP contribution in [0.2, 0.25) is 6.32 Å². The van der Waals surface area contributed by atoms with E-state index in [-0.39, 0.29) is 6.71 Å². The van der Waals surface area contributed by atoms with Crippen molar-refractivity contribution in [2.75, 3.05) is 0 Å². The maximum atomic E-state index is 13.6. The van der Waals surface area contributed by atoms with Crippen molar-refractivity contribution >= 4 is 6.71 Å². The normalized spacial score (nSPS) is 15.4. The quantitative estimate of drug-likeness (QED) is 0.328. The van der Waals surface area contributed by atoms with Crippen molar-refractivity contribution in [3.05, 3.63) is 58.8 Å². The van der Waals surface area contributed by atoms with E-state index in [1.807, 2.05) is 6.92 Å². The van der Waals surface area contributed by atoms with E-state index in [0.29, 0.717) is 0 Å². The van der Waals surface area contributed by atoms with E-state index < -0.39 is 40.6 Å². The fourth-order valence-electron chi connectivity index (χ4n) is 2.03. The maximum absolute atomic E-state index is 13.6. The molecule has 19 heavy (non-hydrogen) atoms. The maximum Gasteiger partial charge on any atom is 0.200 e. The van der Waals surface area contributed by atoms with Crippen LogP contribution in [0.5, 0.6) is 0 Å². The van der Waals surface area contributed by atoms with Crippen LogP contribution >= 0.6 is 0 Å². The summed E-state index contributed by atoms with van der Waals surface area (Å²) in [5, 5.41) is 0. The third-order valence-electron chi connectivity index (χ3n) is 3.18. The van der Waals surface area contributed by atoms with E-state index in [1.54, 1.807) is 12.0 Å². The molecule has 100 valence electrons. The Labute approximate surface area is 107 Å². The first-order valence-corrected chi connectivity index (χ1v) is 5.85. The first kappa shape index (κ1) is 13.8. The second-order valence-corrected chi connectivity index (χ2v) is 4.35. The molecule has 2 rings (SSSR count). The zero-order valence-corrected chi connectivity index (χ0v) is 10.1. The van der Waals surface area contributed by atoms with Crippen LogP contribution in [0.3, 0.4) is 0 Å². The zero-order chi connectivity index (χ0) is 14.2. The Bertz CT molecular complexity index is 522. The van der Waals surface area contributed by atoms with E-state index in [1.165, 1.54) is 12.2 Å². The molecule has 1 aliphatic rings. The molecule has 0 spiro atoms. The van der Waals surface area contributed by atoms with Crippen molar-refractivity contribution in [2.24, 2.45) is 0 Å². The van der Waals surface area contributed by atoms with E-state index in [4.69, 9.17) is 0 Å². The van der Waals surface area contributed by atoms with Crippen LogP contribution in [0.4, 0.5) is 22.0 Å². The molecule has 0 atom stereocenters. The number of hydrogen-bond acceptors (Lipinski definition) is 0. The predicted molar refractivity (Wildman–Crippen MR) is 63.5 cm³/mol. The molecule has 0 bridgehead atoms. The first-order valence-electron chi connectivity index (χ1n) is 5.85. The Morgan fingerprint density at radius 3 is 1.68 bits per heavy atom. The van der Waals surface area contributed by atoms with Gasteiger partial charge in [0.15, 0.2) is 30.0 Å².